The average molecular weight is 434 g/mol. The Balaban J connectivity index is 0.00000484. The van der Waals surface area contributed by atoms with Crippen LogP contribution in [0, 0.1) is 0 Å². The van der Waals surface area contributed by atoms with Crippen LogP contribution in [0.4, 0.5) is 5.69 Å². The highest BCUT2D eigenvalue weighted by Crippen LogP contribution is 2.11. The fourth-order valence-electron chi connectivity index (χ4n) is 1.89. The van der Waals surface area contributed by atoms with Gasteiger partial charge in [-0.2, -0.15) is 0 Å². The SMILES string of the molecule is CCNC(=NCc1cccc(NC(C)=O)c1)NCCCOC.I. The first-order valence-corrected chi connectivity index (χ1v) is 7.53. The number of methoxy groups -OCH3 is 1. The van der Waals surface area contributed by atoms with Crippen LogP contribution in [0.2, 0.25) is 0 Å². The van der Waals surface area contributed by atoms with E-state index in [1.54, 1.807) is 7.11 Å². The summed E-state index contributed by atoms with van der Waals surface area (Å²) in [6.07, 6.45) is 0.929. The highest BCUT2D eigenvalue weighted by molar-refractivity contribution is 14.0. The molecule has 23 heavy (non-hydrogen) atoms. The number of nitrogens with one attached hydrogen (secondary N) is 3. The smallest absolute Gasteiger partial charge is 0.221 e. The molecule has 0 bridgehead atoms. The molecular formula is C16H27IN4O2. The van der Waals surface area contributed by atoms with Crippen LogP contribution in [0.1, 0.15) is 25.8 Å². The van der Waals surface area contributed by atoms with Crippen LogP contribution < -0.4 is 16.0 Å². The standard InChI is InChI=1S/C16H26N4O2.HI/c1-4-17-16(18-9-6-10-22-3)19-12-14-7-5-8-15(11-14)20-13(2)21;/h5,7-8,11H,4,6,9-10,12H2,1-3H3,(H,20,21)(H2,17,18,19);1H. The summed E-state index contributed by atoms with van der Waals surface area (Å²) in [4.78, 5) is 15.6. The van der Waals surface area contributed by atoms with E-state index >= 15 is 0 Å². The van der Waals surface area contributed by atoms with Crippen LogP contribution in [0.5, 0.6) is 0 Å². The third-order valence-electron chi connectivity index (χ3n) is 2.83. The number of guanidine groups is 1. The molecule has 130 valence electrons. The molecule has 6 nitrogen and oxygen atoms in total. The molecule has 0 radical (unpaired) electrons. The molecule has 0 saturated carbocycles. The van der Waals surface area contributed by atoms with Gasteiger partial charge in [0.1, 0.15) is 0 Å². The number of halogens is 1. The van der Waals surface area contributed by atoms with Gasteiger partial charge in [-0.1, -0.05) is 12.1 Å². The molecule has 7 heteroatoms. The number of ether oxygens (including phenoxy) is 1. The summed E-state index contributed by atoms with van der Waals surface area (Å²) in [5.41, 5.74) is 1.83. The fourth-order valence-corrected chi connectivity index (χ4v) is 1.89. The zero-order valence-corrected chi connectivity index (χ0v) is 16.3. The molecule has 0 spiro atoms. The van der Waals surface area contributed by atoms with Crippen LogP contribution in [0.25, 0.3) is 0 Å². The lowest BCUT2D eigenvalue weighted by Gasteiger charge is -2.11. The van der Waals surface area contributed by atoms with E-state index in [1.807, 2.05) is 31.2 Å². The van der Waals surface area contributed by atoms with E-state index in [0.29, 0.717) is 6.54 Å². The summed E-state index contributed by atoms with van der Waals surface area (Å²) in [6.45, 7) is 6.42. The topological polar surface area (TPSA) is 74.8 Å². The second-order valence-electron chi connectivity index (χ2n) is 4.85. The van der Waals surface area contributed by atoms with Gasteiger partial charge in [0.05, 0.1) is 6.54 Å². The monoisotopic (exact) mass is 434 g/mol. The van der Waals surface area contributed by atoms with Crippen LogP contribution in [0.15, 0.2) is 29.3 Å². The molecule has 3 N–H and O–H groups in total. The van der Waals surface area contributed by atoms with Crippen molar-refractivity contribution in [2.45, 2.75) is 26.8 Å². The Morgan fingerprint density at radius 1 is 1.30 bits per heavy atom. The van der Waals surface area contributed by atoms with Crippen molar-refractivity contribution in [1.29, 1.82) is 0 Å². The Morgan fingerprint density at radius 2 is 2.09 bits per heavy atom. The van der Waals surface area contributed by atoms with Gasteiger partial charge < -0.3 is 20.7 Å². The quantitative estimate of drug-likeness (QED) is 0.254. The van der Waals surface area contributed by atoms with Gasteiger partial charge in [-0.3, -0.25) is 4.79 Å². The molecule has 0 saturated heterocycles. The average Bonchev–Trinajstić information content (AvgIpc) is 2.49. The largest absolute Gasteiger partial charge is 0.385 e. The molecule has 0 aliphatic carbocycles. The molecule has 1 aromatic carbocycles. The van der Waals surface area contributed by atoms with Crippen molar-refractivity contribution in [2.75, 3.05) is 32.1 Å². The highest BCUT2D eigenvalue weighted by Gasteiger charge is 2.00. The van der Waals surface area contributed by atoms with Crippen LogP contribution >= 0.6 is 24.0 Å². The molecule has 0 atom stereocenters. The van der Waals surface area contributed by atoms with Gasteiger partial charge in [-0.05, 0) is 31.0 Å². The lowest BCUT2D eigenvalue weighted by atomic mass is 10.2. The number of carbonyl (C=O) groups is 1. The van der Waals surface area contributed by atoms with Crippen molar-refractivity contribution in [3.05, 3.63) is 29.8 Å². The van der Waals surface area contributed by atoms with Crippen molar-refractivity contribution >= 4 is 41.5 Å². The Bertz CT molecular complexity index is 495. The minimum Gasteiger partial charge on any atom is -0.385 e. The van der Waals surface area contributed by atoms with Gasteiger partial charge in [0.25, 0.3) is 0 Å². The zero-order valence-electron chi connectivity index (χ0n) is 14.0. The second-order valence-corrected chi connectivity index (χ2v) is 4.85. The normalized spacial score (nSPS) is 10.7. The minimum absolute atomic E-state index is 0. The van der Waals surface area contributed by atoms with E-state index < -0.39 is 0 Å². The van der Waals surface area contributed by atoms with E-state index in [-0.39, 0.29) is 29.9 Å². The first-order chi connectivity index (χ1) is 10.7. The number of hydrogen-bond donors (Lipinski definition) is 3. The Morgan fingerprint density at radius 3 is 2.74 bits per heavy atom. The molecule has 1 aromatic rings. The summed E-state index contributed by atoms with van der Waals surface area (Å²) in [6, 6.07) is 7.70. The third-order valence-corrected chi connectivity index (χ3v) is 2.83. The van der Waals surface area contributed by atoms with Crippen molar-refractivity contribution in [1.82, 2.24) is 10.6 Å². The zero-order chi connectivity index (χ0) is 16.2. The number of carbonyl (C=O) groups excluding carboxylic acids is 1. The van der Waals surface area contributed by atoms with Gasteiger partial charge in [-0.15, -0.1) is 24.0 Å². The fraction of sp³-hybridized carbons (Fsp3) is 0.500. The number of anilines is 1. The van der Waals surface area contributed by atoms with Gasteiger partial charge in [0.15, 0.2) is 5.96 Å². The molecule has 0 heterocycles. The van der Waals surface area contributed by atoms with E-state index in [0.717, 1.165) is 43.3 Å². The molecular weight excluding hydrogens is 407 g/mol. The molecule has 0 aromatic heterocycles. The first-order valence-electron chi connectivity index (χ1n) is 7.53. The Hall–Kier alpha value is -1.35. The van der Waals surface area contributed by atoms with Gasteiger partial charge >= 0.3 is 0 Å². The van der Waals surface area contributed by atoms with E-state index in [2.05, 4.69) is 20.9 Å². The lowest BCUT2D eigenvalue weighted by Crippen LogP contribution is -2.38. The van der Waals surface area contributed by atoms with Gasteiger partial charge in [0.2, 0.25) is 5.91 Å². The lowest BCUT2D eigenvalue weighted by molar-refractivity contribution is -0.114. The Labute approximate surface area is 155 Å². The predicted octanol–water partition coefficient (Wildman–Crippen LogP) is 2.35. The number of nitrogens with zero attached hydrogens (tertiary/aromatic N) is 1. The van der Waals surface area contributed by atoms with Crippen molar-refractivity contribution < 1.29 is 9.53 Å². The van der Waals surface area contributed by atoms with Crippen LogP contribution in [-0.4, -0.2) is 38.7 Å². The number of hydrogen-bond acceptors (Lipinski definition) is 3. The molecule has 0 unspecified atom stereocenters. The molecule has 0 fully saturated rings. The van der Waals surface area contributed by atoms with Crippen molar-refractivity contribution in [3.8, 4) is 0 Å². The summed E-state index contributed by atoms with van der Waals surface area (Å²) >= 11 is 0. The molecule has 1 rings (SSSR count). The first kappa shape index (κ1) is 21.6. The molecule has 0 aliphatic rings. The number of rotatable bonds is 8. The highest BCUT2D eigenvalue weighted by atomic mass is 127. The summed E-state index contributed by atoms with van der Waals surface area (Å²) < 4.78 is 5.02. The maximum atomic E-state index is 11.1. The summed E-state index contributed by atoms with van der Waals surface area (Å²) in [5, 5.41) is 9.24. The van der Waals surface area contributed by atoms with Crippen molar-refractivity contribution in [3.63, 3.8) is 0 Å². The van der Waals surface area contributed by atoms with Gasteiger partial charge in [0, 0.05) is 39.4 Å². The number of aliphatic imine (C=N–C) groups is 1. The van der Waals surface area contributed by atoms with Crippen molar-refractivity contribution in [2.24, 2.45) is 4.99 Å². The maximum Gasteiger partial charge on any atom is 0.221 e. The van der Waals surface area contributed by atoms with E-state index in [9.17, 15) is 4.79 Å². The predicted molar refractivity (Wildman–Crippen MR) is 105 cm³/mol. The number of amides is 1. The third kappa shape index (κ3) is 10.1. The van der Waals surface area contributed by atoms with Crippen LogP contribution in [-0.2, 0) is 16.1 Å². The Kier molecular flexibility index (Phi) is 12.4. The molecule has 0 aliphatic heterocycles. The second kappa shape index (κ2) is 13.1. The maximum absolute atomic E-state index is 11.1. The number of benzene rings is 1. The molecule has 1 amide bonds. The van der Waals surface area contributed by atoms with Crippen LogP contribution in [0.3, 0.4) is 0 Å². The summed E-state index contributed by atoms with van der Waals surface area (Å²) in [5.74, 6) is 0.706. The minimum atomic E-state index is -0.0752. The van der Waals surface area contributed by atoms with Gasteiger partial charge in [-0.25, -0.2) is 4.99 Å². The van der Waals surface area contributed by atoms with E-state index in [4.69, 9.17) is 4.74 Å². The summed E-state index contributed by atoms with van der Waals surface area (Å²) in [7, 11) is 1.70. The van der Waals surface area contributed by atoms with E-state index in [1.165, 1.54) is 6.92 Å².